The van der Waals surface area contributed by atoms with Crippen molar-refractivity contribution in [2.45, 2.75) is 26.2 Å². The SMILES string of the molecule is COc1c(I)cc(N2CC(=O)NC2=O)cc1C(C)(C)C. The van der Waals surface area contributed by atoms with E-state index in [0.29, 0.717) is 5.69 Å². The zero-order chi connectivity index (χ0) is 15.1. The van der Waals surface area contributed by atoms with Gasteiger partial charge in [0.05, 0.1) is 10.7 Å². The number of carbonyl (C=O) groups is 2. The van der Waals surface area contributed by atoms with E-state index in [2.05, 4.69) is 48.7 Å². The van der Waals surface area contributed by atoms with Crippen LogP contribution in [0.5, 0.6) is 5.75 Å². The quantitative estimate of drug-likeness (QED) is 0.626. The van der Waals surface area contributed by atoms with E-state index in [-0.39, 0.29) is 23.9 Å². The molecule has 1 aromatic carbocycles. The molecule has 2 rings (SSSR count). The maximum absolute atomic E-state index is 11.8. The van der Waals surface area contributed by atoms with E-state index in [1.165, 1.54) is 4.90 Å². The number of rotatable bonds is 2. The molecule has 3 amide bonds. The molecule has 5 nitrogen and oxygen atoms in total. The Bertz CT molecular complexity index is 579. The Balaban J connectivity index is 2.54. The minimum Gasteiger partial charge on any atom is -0.495 e. The molecule has 1 aromatic rings. The molecule has 20 heavy (non-hydrogen) atoms. The number of nitrogens with one attached hydrogen (secondary N) is 1. The molecule has 0 bridgehead atoms. The molecule has 0 aromatic heterocycles. The molecule has 1 aliphatic rings. The van der Waals surface area contributed by atoms with Crippen molar-refractivity contribution < 1.29 is 14.3 Å². The van der Waals surface area contributed by atoms with Crippen LogP contribution in [-0.2, 0) is 10.2 Å². The minimum atomic E-state index is -0.379. The second-order valence-corrected chi connectivity index (χ2v) is 6.86. The first-order chi connectivity index (χ1) is 9.24. The predicted molar refractivity (Wildman–Crippen MR) is 85.3 cm³/mol. The Morgan fingerprint density at radius 1 is 1.30 bits per heavy atom. The number of methoxy groups -OCH3 is 1. The zero-order valence-electron chi connectivity index (χ0n) is 11.9. The number of carbonyl (C=O) groups excluding carboxylic acids is 2. The van der Waals surface area contributed by atoms with E-state index in [4.69, 9.17) is 4.74 Å². The van der Waals surface area contributed by atoms with Gasteiger partial charge in [-0.05, 0) is 40.1 Å². The van der Waals surface area contributed by atoms with Gasteiger partial charge in [-0.3, -0.25) is 15.0 Å². The first-order valence-electron chi connectivity index (χ1n) is 6.23. The molecule has 0 saturated carbocycles. The van der Waals surface area contributed by atoms with Crippen molar-refractivity contribution in [3.63, 3.8) is 0 Å². The number of hydrogen-bond acceptors (Lipinski definition) is 3. The van der Waals surface area contributed by atoms with E-state index in [1.54, 1.807) is 7.11 Å². The summed E-state index contributed by atoms with van der Waals surface area (Å²) in [6.07, 6.45) is 0. The van der Waals surface area contributed by atoms with Gasteiger partial charge < -0.3 is 4.74 Å². The van der Waals surface area contributed by atoms with Gasteiger partial charge in [0.25, 0.3) is 0 Å². The molecular weight excluding hydrogens is 371 g/mol. The first-order valence-corrected chi connectivity index (χ1v) is 7.31. The Morgan fingerprint density at radius 2 is 1.95 bits per heavy atom. The van der Waals surface area contributed by atoms with Gasteiger partial charge in [-0.2, -0.15) is 0 Å². The standard InChI is InChI=1S/C14H17IN2O3/c1-14(2,3)9-5-8(6-10(15)12(9)20-4)17-7-11(18)16-13(17)19/h5-6H,7H2,1-4H3,(H,16,18,19). The highest BCUT2D eigenvalue weighted by Gasteiger charge is 2.30. The lowest BCUT2D eigenvalue weighted by atomic mass is 9.86. The van der Waals surface area contributed by atoms with Crippen LogP contribution in [0.2, 0.25) is 0 Å². The Morgan fingerprint density at radius 3 is 2.40 bits per heavy atom. The highest BCUT2D eigenvalue weighted by Crippen LogP contribution is 2.38. The Kier molecular flexibility index (Phi) is 3.95. The number of halogens is 1. The van der Waals surface area contributed by atoms with Crippen molar-refractivity contribution in [3.8, 4) is 5.75 Å². The third-order valence-electron chi connectivity index (χ3n) is 3.15. The number of benzene rings is 1. The molecule has 1 aliphatic heterocycles. The lowest BCUT2D eigenvalue weighted by molar-refractivity contribution is -0.117. The van der Waals surface area contributed by atoms with Gasteiger partial charge in [0, 0.05) is 11.3 Å². The van der Waals surface area contributed by atoms with Crippen LogP contribution in [-0.4, -0.2) is 25.6 Å². The van der Waals surface area contributed by atoms with E-state index in [1.807, 2.05) is 12.1 Å². The van der Waals surface area contributed by atoms with Crippen molar-refractivity contribution >= 4 is 40.2 Å². The van der Waals surface area contributed by atoms with Crippen molar-refractivity contribution in [2.24, 2.45) is 0 Å². The molecule has 1 saturated heterocycles. The number of anilines is 1. The fraction of sp³-hybridized carbons (Fsp3) is 0.429. The first kappa shape index (κ1) is 15.1. The number of imide groups is 1. The number of ether oxygens (including phenoxy) is 1. The summed E-state index contributed by atoms with van der Waals surface area (Å²) in [4.78, 5) is 24.5. The number of urea groups is 1. The summed E-state index contributed by atoms with van der Waals surface area (Å²) in [5.41, 5.74) is 1.60. The highest BCUT2D eigenvalue weighted by molar-refractivity contribution is 14.1. The lowest BCUT2D eigenvalue weighted by Crippen LogP contribution is -2.28. The topological polar surface area (TPSA) is 58.6 Å². The number of hydrogen-bond donors (Lipinski definition) is 1. The minimum absolute atomic E-state index is 0.0603. The van der Waals surface area contributed by atoms with E-state index in [9.17, 15) is 9.59 Å². The predicted octanol–water partition coefficient (Wildman–Crippen LogP) is 2.65. The maximum atomic E-state index is 11.8. The number of amides is 3. The van der Waals surface area contributed by atoms with Gasteiger partial charge in [-0.1, -0.05) is 20.8 Å². The third-order valence-corrected chi connectivity index (χ3v) is 3.95. The van der Waals surface area contributed by atoms with Gasteiger partial charge >= 0.3 is 6.03 Å². The van der Waals surface area contributed by atoms with E-state index in [0.717, 1.165) is 14.9 Å². The van der Waals surface area contributed by atoms with Crippen molar-refractivity contribution in [3.05, 3.63) is 21.3 Å². The molecule has 0 atom stereocenters. The molecule has 0 aliphatic carbocycles. The molecule has 1 N–H and O–H groups in total. The van der Waals surface area contributed by atoms with Crippen LogP contribution in [0, 0.1) is 3.57 Å². The average molecular weight is 388 g/mol. The smallest absolute Gasteiger partial charge is 0.329 e. The summed E-state index contributed by atoms with van der Waals surface area (Å²) in [5, 5.41) is 2.29. The molecule has 0 unspecified atom stereocenters. The van der Waals surface area contributed by atoms with E-state index >= 15 is 0 Å². The average Bonchev–Trinajstić information content (AvgIpc) is 2.66. The van der Waals surface area contributed by atoms with Gasteiger partial charge in [0.2, 0.25) is 5.91 Å². The van der Waals surface area contributed by atoms with Crippen molar-refractivity contribution in [1.29, 1.82) is 0 Å². The summed E-state index contributed by atoms with van der Waals surface area (Å²) in [6, 6.07) is 3.39. The second kappa shape index (κ2) is 5.23. The summed E-state index contributed by atoms with van der Waals surface area (Å²) < 4.78 is 6.39. The third kappa shape index (κ3) is 2.74. The summed E-state index contributed by atoms with van der Waals surface area (Å²) in [7, 11) is 1.64. The molecule has 108 valence electrons. The van der Waals surface area contributed by atoms with Gasteiger partial charge in [-0.15, -0.1) is 0 Å². The van der Waals surface area contributed by atoms with Crippen LogP contribution in [0.4, 0.5) is 10.5 Å². The molecular formula is C14H17IN2O3. The van der Waals surface area contributed by atoms with Crippen LogP contribution in [0.3, 0.4) is 0 Å². The van der Waals surface area contributed by atoms with Gasteiger partial charge in [0.1, 0.15) is 12.3 Å². The second-order valence-electron chi connectivity index (χ2n) is 5.70. The number of nitrogens with zero attached hydrogens (tertiary/aromatic N) is 1. The zero-order valence-corrected chi connectivity index (χ0v) is 14.1. The molecule has 0 spiro atoms. The highest BCUT2D eigenvalue weighted by atomic mass is 127. The summed E-state index contributed by atoms with van der Waals surface area (Å²) >= 11 is 2.18. The van der Waals surface area contributed by atoms with Crippen LogP contribution < -0.4 is 15.0 Å². The Labute approximate surface area is 131 Å². The fourth-order valence-corrected chi connectivity index (χ4v) is 2.98. The van der Waals surface area contributed by atoms with Crippen molar-refractivity contribution in [1.82, 2.24) is 5.32 Å². The van der Waals surface area contributed by atoms with E-state index < -0.39 is 0 Å². The largest absolute Gasteiger partial charge is 0.495 e. The molecule has 0 radical (unpaired) electrons. The monoisotopic (exact) mass is 388 g/mol. The van der Waals surface area contributed by atoms with Crippen LogP contribution in [0.15, 0.2) is 12.1 Å². The molecule has 1 heterocycles. The van der Waals surface area contributed by atoms with Crippen molar-refractivity contribution in [2.75, 3.05) is 18.6 Å². The fourth-order valence-electron chi connectivity index (χ4n) is 2.15. The maximum Gasteiger partial charge on any atom is 0.329 e. The lowest BCUT2D eigenvalue weighted by Gasteiger charge is -2.25. The van der Waals surface area contributed by atoms with Gasteiger partial charge in [0.15, 0.2) is 0 Å². The van der Waals surface area contributed by atoms with Crippen LogP contribution in [0.1, 0.15) is 26.3 Å². The Hall–Kier alpha value is -1.31. The summed E-state index contributed by atoms with van der Waals surface area (Å²) in [6.45, 7) is 6.31. The van der Waals surface area contributed by atoms with Gasteiger partial charge in [-0.25, -0.2) is 4.79 Å². The van der Waals surface area contributed by atoms with Crippen LogP contribution in [0.25, 0.3) is 0 Å². The molecule has 1 fully saturated rings. The normalized spacial score (nSPS) is 15.6. The van der Waals surface area contributed by atoms with Crippen LogP contribution >= 0.6 is 22.6 Å². The molecule has 6 heteroatoms. The summed E-state index contributed by atoms with van der Waals surface area (Å²) in [5.74, 6) is 0.533.